The molecular weight excluding hydrogens is 334 g/mol. The first kappa shape index (κ1) is 14.8. The van der Waals surface area contributed by atoms with Gasteiger partial charge in [0.15, 0.2) is 0 Å². The number of hydrogen-bond donors (Lipinski definition) is 2. The van der Waals surface area contributed by atoms with E-state index in [9.17, 15) is 10.1 Å². The van der Waals surface area contributed by atoms with Gasteiger partial charge in [-0.25, -0.2) is 0 Å². The van der Waals surface area contributed by atoms with Crippen molar-refractivity contribution < 1.29 is 4.92 Å². The first-order chi connectivity index (χ1) is 10.1. The van der Waals surface area contributed by atoms with Gasteiger partial charge in [-0.15, -0.1) is 0 Å². The van der Waals surface area contributed by atoms with E-state index in [1.54, 1.807) is 12.1 Å². The Kier molecular flexibility index (Phi) is 4.45. The summed E-state index contributed by atoms with van der Waals surface area (Å²) in [5.41, 5.74) is 0.966. The van der Waals surface area contributed by atoms with Gasteiger partial charge in [-0.1, -0.05) is 6.42 Å². The Morgan fingerprint density at radius 2 is 2.14 bits per heavy atom. The van der Waals surface area contributed by atoms with Gasteiger partial charge in [0.05, 0.1) is 10.6 Å². The van der Waals surface area contributed by atoms with Crippen LogP contribution in [0.25, 0.3) is 0 Å². The van der Waals surface area contributed by atoms with Crippen LogP contribution in [0, 0.1) is 16.0 Å². The highest BCUT2D eigenvalue weighted by Gasteiger charge is 2.35. The number of nitro benzene ring substituents is 1. The fourth-order valence-electron chi connectivity index (χ4n) is 3.66. The quantitative estimate of drug-likeness (QED) is 0.639. The normalized spacial score (nSPS) is 28.7. The Morgan fingerprint density at radius 3 is 2.86 bits per heavy atom. The van der Waals surface area contributed by atoms with Crippen LogP contribution in [0.5, 0.6) is 0 Å². The van der Waals surface area contributed by atoms with Crippen LogP contribution in [-0.2, 0) is 0 Å². The number of nitrogens with zero attached hydrogens (tertiary/aromatic N) is 1. The molecule has 21 heavy (non-hydrogen) atoms. The van der Waals surface area contributed by atoms with Crippen LogP contribution < -0.4 is 10.6 Å². The molecule has 0 spiro atoms. The molecule has 1 aromatic carbocycles. The molecule has 2 fully saturated rings. The van der Waals surface area contributed by atoms with Crippen LogP contribution in [0.2, 0.25) is 0 Å². The minimum absolute atomic E-state index is 0.134. The van der Waals surface area contributed by atoms with E-state index in [-0.39, 0.29) is 10.6 Å². The zero-order chi connectivity index (χ0) is 14.8. The van der Waals surface area contributed by atoms with Crippen LogP contribution in [0.1, 0.15) is 32.1 Å². The minimum atomic E-state index is -0.345. The fourth-order valence-corrected chi connectivity index (χ4v) is 4.02. The number of anilines is 1. The molecule has 1 saturated heterocycles. The molecule has 3 atom stereocenters. The molecule has 2 N–H and O–H groups in total. The molecule has 5 nitrogen and oxygen atoms in total. The topological polar surface area (TPSA) is 67.2 Å². The van der Waals surface area contributed by atoms with E-state index >= 15 is 0 Å². The average Bonchev–Trinajstić information content (AvgIpc) is 3.11. The predicted molar refractivity (Wildman–Crippen MR) is 86.6 cm³/mol. The lowest BCUT2D eigenvalue weighted by atomic mass is 9.93. The second-order valence-electron chi connectivity index (χ2n) is 5.97. The van der Waals surface area contributed by atoms with Crippen molar-refractivity contribution in [2.45, 2.75) is 44.2 Å². The summed E-state index contributed by atoms with van der Waals surface area (Å²) >= 11 is 3.49. The second kappa shape index (κ2) is 6.32. The van der Waals surface area contributed by atoms with Crippen molar-refractivity contribution in [3.8, 4) is 0 Å². The molecule has 3 rings (SSSR count). The Morgan fingerprint density at radius 1 is 1.29 bits per heavy atom. The molecule has 1 aromatic rings. The minimum Gasteiger partial charge on any atom is -0.381 e. The molecule has 0 amide bonds. The lowest BCUT2D eigenvalue weighted by Gasteiger charge is -2.27. The van der Waals surface area contributed by atoms with Crippen molar-refractivity contribution in [2.24, 2.45) is 5.92 Å². The zero-order valence-corrected chi connectivity index (χ0v) is 13.4. The number of benzene rings is 1. The van der Waals surface area contributed by atoms with E-state index in [2.05, 4.69) is 26.6 Å². The van der Waals surface area contributed by atoms with Crippen molar-refractivity contribution in [1.82, 2.24) is 5.32 Å². The molecule has 1 aliphatic heterocycles. The third-order valence-electron chi connectivity index (χ3n) is 4.69. The summed E-state index contributed by atoms with van der Waals surface area (Å²) in [5.74, 6) is 0.624. The van der Waals surface area contributed by atoms with Gasteiger partial charge in [0.2, 0.25) is 0 Å². The summed E-state index contributed by atoms with van der Waals surface area (Å²) in [7, 11) is 0. The van der Waals surface area contributed by atoms with Gasteiger partial charge in [-0.2, -0.15) is 0 Å². The molecule has 6 heteroatoms. The Bertz CT molecular complexity index is 532. The average molecular weight is 354 g/mol. The molecule has 0 radical (unpaired) electrons. The number of nitrogens with one attached hydrogen (secondary N) is 2. The summed E-state index contributed by atoms with van der Waals surface area (Å²) in [6.45, 7) is 1.12. The molecule has 1 saturated carbocycles. The monoisotopic (exact) mass is 353 g/mol. The number of halogens is 1. The van der Waals surface area contributed by atoms with Crippen molar-refractivity contribution >= 4 is 27.3 Å². The van der Waals surface area contributed by atoms with Crippen molar-refractivity contribution in [1.29, 1.82) is 0 Å². The lowest BCUT2D eigenvalue weighted by molar-refractivity contribution is -0.384. The van der Waals surface area contributed by atoms with Crippen molar-refractivity contribution in [3.05, 3.63) is 32.8 Å². The number of non-ortho nitro benzene ring substituents is 1. The van der Waals surface area contributed by atoms with Crippen LogP contribution in [-0.4, -0.2) is 23.6 Å². The maximum absolute atomic E-state index is 10.9. The molecule has 0 aromatic heterocycles. The summed E-state index contributed by atoms with van der Waals surface area (Å²) in [6, 6.07) is 5.90. The highest BCUT2D eigenvalue weighted by molar-refractivity contribution is 9.10. The van der Waals surface area contributed by atoms with Gasteiger partial charge in [-0.3, -0.25) is 10.1 Å². The molecule has 1 aliphatic carbocycles. The third-order valence-corrected chi connectivity index (χ3v) is 5.38. The van der Waals surface area contributed by atoms with Gasteiger partial charge in [0.25, 0.3) is 5.69 Å². The smallest absolute Gasteiger partial charge is 0.271 e. The van der Waals surface area contributed by atoms with Crippen molar-refractivity contribution in [3.63, 3.8) is 0 Å². The van der Waals surface area contributed by atoms with Crippen molar-refractivity contribution in [2.75, 3.05) is 11.9 Å². The molecule has 0 bridgehead atoms. The SMILES string of the molecule is O=[N+]([O-])c1ccc(Br)c(NC2CCCC2C2CCCN2)c1. The zero-order valence-electron chi connectivity index (χ0n) is 11.8. The maximum atomic E-state index is 10.9. The molecule has 3 unspecified atom stereocenters. The number of nitro groups is 1. The Labute approximate surface area is 132 Å². The van der Waals surface area contributed by atoms with Crippen LogP contribution in [0.3, 0.4) is 0 Å². The summed E-state index contributed by atoms with van der Waals surface area (Å²) in [6.07, 6.45) is 6.11. The molecule has 114 valence electrons. The van der Waals surface area contributed by atoms with E-state index in [0.29, 0.717) is 18.0 Å². The number of hydrogen-bond acceptors (Lipinski definition) is 4. The van der Waals surface area contributed by atoms with Crippen LogP contribution in [0.15, 0.2) is 22.7 Å². The molecule has 1 heterocycles. The maximum Gasteiger partial charge on any atom is 0.271 e. The van der Waals surface area contributed by atoms with E-state index < -0.39 is 0 Å². The van der Waals surface area contributed by atoms with Gasteiger partial charge < -0.3 is 10.6 Å². The van der Waals surface area contributed by atoms with E-state index in [4.69, 9.17) is 0 Å². The fraction of sp³-hybridized carbons (Fsp3) is 0.600. The van der Waals surface area contributed by atoms with E-state index in [1.807, 2.05) is 0 Å². The molecular formula is C15H20BrN3O2. The lowest BCUT2D eigenvalue weighted by Crippen LogP contribution is -2.38. The largest absolute Gasteiger partial charge is 0.381 e. The van der Waals surface area contributed by atoms with Crippen LogP contribution >= 0.6 is 15.9 Å². The van der Waals surface area contributed by atoms with Gasteiger partial charge in [0.1, 0.15) is 0 Å². The second-order valence-corrected chi connectivity index (χ2v) is 6.82. The summed E-state index contributed by atoms with van der Waals surface area (Å²) in [5, 5.41) is 18.1. The van der Waals surface area contributed by atoms with Gasteiger partial charge >= 0.3 is 0 Å². The standard InChI is InChI=1S/C15H20BrN3O2/c16-12-7-6-10(19(20)21)9-15(12)18-14-4-1-3-11(14)13-5-2-8-17-13/h6-7,9,11,13-14,17-18H,1-5,8H2. The molecule has 2 aliphatic rings. The van der Waals surface area contributed by atoms with Gasteiger partial charge in [0, 0.05) is 28.7 Å². The summed E-state index contributed by atoms with van der Waals surface area (Å²) in [4.78, 5) is 10.6. The number of rotatable bonds is 4. The Hall–Kier alpha value is -1.14. The Balaban J connectivity index is 1.75. The predicted octanol–water partition coefficient (Wildman–Crippen LogP) is 3.69. The van der Waals surface area contributed by atoms with Gasteiger partial charge in [-0.05, 0) is 60.1 Å². The highest BCUT2D eigenvalue weighted by atomic mass is 79.9. The van der Waals surface area contributed by atoms with Crippen LogP contribution in [0.4, 0.5) is 11.4 Å². The van der Waals surface area contributed by atoms with E-state index in [1.165, 1.54) is 31.7 Å². The first-order valence-corrected chi connectivity index (χ1v) is 8.38. The first-order valence-electron chi connectivity index (χ1n) is 7.59. The third kappa shape index (κ3) is 3.21. The highest BCUT2D eigenvalue weighted by Crippen LogP contribution is 2.36. The summed E-state index contributed by atoms with van der Waals surface area (Å²) < 4.78 is 0.887. The van der Waals surface area contributed by atoms with E-state index in [0.717, 1.165) is 23.1 Å².